The number of nitrogens with two attached hydrogens (primary N) is 1. The first kappa shape index (κ1) is 10.6. The zero-order chi connectivity index (χ0) is 9.84. The largest absolute Gasteiger partial charge is 0.397 e. The van der Waals surface area contributed by atoms with Crippen LogP contribution >= 0.6 is 35.8 Å². The fraction of sp³-hybridized carbons (Fsp3) is 0.111. The third kappa shape index (κ3) is 2.73. The van der Waals surface area contributed by atoms with Crippen molar-refractivity contribution in [2.45, 2.75) is 0 Å². The van der Waals surface area contributed by atoms with Crippen molar-refractivity contribution in [3.05, 3.63) is 27.7 Å². The molecule has 4 heteroatoms. The van der Waals surface area contributed by atoms with Crippen LogP contribution in [0.5, 0.6) is 0 Å². The van der Waals surface area contributed by atoms with Gasteiger partial charge in [0.2, 0.25) is 0 Å². The van der Waals surface area contributed by atoms with E-state index in [9.17, 15) is 0 Å². The van der Waals surface area contributed by atoms with Gasteiger partial charge >= 0.3 is 0 Å². The van der Waals surface area contributed by atoms with Crippen LogP contribution in [0.1, 0.15) is 5.56 Å². The van der Waals surface area contributed by atoms with Crippen molar-refractivity contribution in [3.63, 3.8) is 0 Å². The molecule has 0 aliphatic heterocycles. The summed E-state index contributed by atoms with van der Waals surface area (Å²) in [5.41, 5.74) is 6.78. The number of thiol groups is 1. The van der Waals surface area contributed by atoms with E-state index in [0.29, 0.717) is 27.0 Å². The molecule has 1 aromatic rings. The van der Waals surface area contributed by atoms with Crippen molar-refractivity contribution in [2.24, 2.45) is 0 Å². The molecule has 0 saturated heterocycles. The van der Waals surface area contributed by atoms with Gasteiger partial charge in [-0.15, -0.1) is 0 Å². The number of rotatable bonds is 0. The first-order valence-electron chi connectivity index (χ1n) is 3.49. The van der Waals surface area contributed by atoms with Gasteiger partial charge in [-0.2, -0.15) is 12.6 Å². The molecule has 0 heterocycles. The Kier molecular flexibility index (Phi) is 3.80. The molecule has 0 aliphatic rings. The second-order valence-electron chi connectivity index (χ2n) is 2.31. The highest BCUT2D eigenvalue weighted by molar-refractivity contribution is 7.80. The van der Waals surface area contributed by atoms with Crippen LogP contribution in [0.15, 0.2) is 12.1 Å². The Balaban J connectivity index is 3.20. The molecule has 0 bridgehead atoms. The molecule has 2 N–H and O–H groups in total. The topological polar surface area (TPSA) is 26.0 Å². The van der Waals surface area contributed by atoms with Gasteiger partial charge < -0.3 is 5.73 Å². The molecule has 1 nitrogen and oxygen atoms in total. The molecule has 0 spiro atoms. The van der Waals surface area contributed by atoms with Gasteiger partial charge in [-0.3, -0.25) is 0 Å². The summed E-state index contributed by atoms with van der Waals surface area (Å²) in [5.74, 6) is 6.08. The van der Waals surface area contributed by atoms with E-state index in [0.717, 1.165) is 0 Å². The average molecular weight is 232 g/mol. The van der Waals surface area contributed by atoms with Crippen molar-refractivity contribution < 1.29 is 0 Å². The second kappa shape index (κ2) is 4.66. The lowest BCUT2D eigenvalue weighted by molar-refractivity contribution is 1.62. The number of hydrogen-bond acceptors (Lipinski definition) is 2. The van der Waals surface area contributed by atoms with Gasteiger partial charge in [-0.25, -0.2) is 0 Å². The lowest BCUT2D eigenvalue weighted by Crippen LogP contribution is -1.91. The van der Waals surface area contributed by atoms with E-state index in [4.69, 9.17) is 28.9 Å². The monoisotopic (exact) mass is 231 g/mol. The van der Waals surface area contributed by atoms with E-state index in [1.54, 1.807) is 12.1 Å². The van der Waals surface area contributed by atoms with Crippen molar-refractivity contribution in [2.75, 3.05) is 11.5 Å². The molecule has 0 atom stereocenters. The molecular formula is C9H7Cl2NS. The molecule has 1 aromatic carbocycles. The summed E-state index contributed by atoms with van der Waals surface area (Å²) >= 11 is 15.5. The van der Waals surface area contributed by atoms with Gasteiger partial charge in [0.25, 0.3) is 0 Å². The van der Waals surface area contributed by atoms with Gasteiger partial charge in [0, 0.05) is 5.02 Å². The molecule has 0 aliphatic carbocycles. The first-order valence-corrected chi connectivity index (χ1v) is 4.88. The van der Waals surface area contributed by atoms with E-state index in [2.05, 4.69) is 24.5 Å². The van der Waals surface area contributed by atoms with Gasteiger partial charge in [0.1, 0.15) is 0 Å². The summed E-state index contributed by atoms with van der Waals surface area (Å²) in [5, 5.41) is 0.957. The van der Waals surface area contributed by atoms with Crippen LogP contribution in [0.3, 0.4) is 0 Å². The minimum atomic E-state index is 0.427. The average Bonchev–Trinajstić information content (AvgIpc) is 2.09. The third-order valence-electron chi connectivity index (χ3n) is 1.40. The van der Waals surface area contributed by atoms with Crippen LogP contribution in [-0.4, -0.2) is 5.75 Å². The van der Waals surface area contributed by atoms with Gasteiger partial charge in [-0.05, 0) is 12.1 Å². The summed E-state index contributed by atoms with van der Waals surface area (Å²) in [6.45, 7) is 0. The van der Waals surface area contributed by atoms with Gasteiger partial charge in [0.15, 0.2) is 0 Å². The maximum absolute atomic E-state index is 5.80. The molecule has 0 fully saturated rings. The summed E-state index contributed by atoms with van der Waals surface area (Å²) in [7, 11) is 0. The summed E-state index contributed by atoms with van der Waals surface area (Å²) in [4.78, 5) is 0. The smallest absolute Gasteiger partial charge is 0.0663 e. The molecular weight excluding hydrogens is 225 g/mol. The van der Waals surface area contributed by atoms with E-state index >= 15 is 0 Å². The van der Waals surface area contributed by atoms with E-state index < -0.39 is 0 Å². The van der Waals surface area contributed by atoms with Crippen LogP contribution in [0, 0.1) is 11.8 Å². The molecule has 0 radical (unpaired) electrons. The highest BCUT2D eigenvalue weighted by atomic mass is 35.5. The van der Waals surface area contributed by atoms with Crippen LogP contribution in [0.2, 0.25) is 10.0 Å². The highest BCUT2D eigenvalue weighted by Crippen LogP contribution is 2.26. The third-order valence-corrected chi connectivity index (χ3v) is 2.09. The molecule has 0 amide bonds. The second-order valence-corrected chi connectivity index (χ2v) is 3.47. The minimum Gasteiger partial charge on any atom is -0.397 e. The number of nitrogen functional groups attached to an aromatic ring is 1. The number of hydrogen-bond donors (Lipinski definition) is 2. The van der Waals surface area contributed by atoms with Crippen LogP contribution < -0.4 is 5.73 Å². The minimum absolute atomic E-state index is 0.427. The number of halogens is 2. The first-order chi connectivity index (χ1) is 6.15. The van der Waals surface area contributed by atoms with Crippen LogP contribution in [0.25, 0.3) is 0 Å². The van der Waals surface area contributed by atoms with Crippen LogP contribution in [-0.2, 0) is 0 Å². The fourth-order valence-electron chi connectivity index (χ4n) is 0.823. The van der Waals surface area contributed by atoms with Crippen LogP contribution in [0.4, 0.5) is 5.69 Å². The Morgan fingerprint density at radius 1 is 1.38 bits per heavy atom. The summed E-state index contributed by atoms with van der Waals surface area (Å²) < 4.78 is 0. The number of benzene rings is 1. The predicted octanol–water partition coefficient (Wildman–Crippen LogP) is 2.86. The normalized spacial score (nSPS) is 9.15. The summed E-state index contributed by atoms with van der Waals surface area (Å²) in [6.07, 6.45) is 0. The fourth-order valence-corrected chi connectivity index (χ4v) is 1.40. The van der Waals surface area contributed by atoms with Crippen molar-refractivity contribution >= 4 is 41.5 Å². The molecule has 0 saturated carbocycles. The van der Waals surface area contributed by atoms with Gasteiger partial charge in [0.05, 0.1) is 22.0 Å². The molecule has 13 heavy (non-hydrogen) atoms. The maximum atomic E-state index is 5.80. The lowest BCUT2D eigenvalue weighted by atomic mass is 10.2. The quantitative estimate of drug-likeness (QED) is 0.401. The zero-order valence-corrected chi connectivity index (χ0v) is 9.05. The molecule has 68 valence electrons. The Bertz CT molecular complexity index is 379. The molecule has 0 aromatic heterocycles. The SMILES string of the molecule is Nc1c(Cl)cc(Cl)cc1C#CCS. The standard InChI is InChI=1S/C9H7Cl2NS/c10-7-4-6(2-1-3-13)9(12)8(11)5-7/h4-5,13H,3,12H2. The molecule has 0 unspecified atom stereocenters. The zero-order valence-electron chi connectivity index (χ0n) is 6.64. The predicted molar refractivity (Wildman–Crippen MR) is 61.6 cm³/mol. The Morgan fingerprint density at radius 3 is 2.69 bits per heavy atom. The van der Waals surface area contributed by atoms with Crippen molar-refractivity contribution in [1.29, 1.82) is 0 Å². The Labute approximate surface area is 92.6 Å². The molecule has 1 rings (SSSR count). The van der Waals surface area contributed by atoms with Crippen molar-refractivity contribution in [3.8, 4) is 11.8 Å². The lowest BCUT2D eigenvalue weighted by Gasteiger charge is -2.01. The Hall–Kier alpha value is -0.490. The maximum Gasteiger partial charge on any atom is 0.0663 e. The number of anilines is 1. The van der Waals surface area contributed by atoms with E-state index in [-0.39, 0.29) is 0 Å². The van der Waals surface area contributed by atoms with E-state index in [1.807, 2.05) is 0 Å². The summed E-state index contributed by atoms with van der Waals surface area (Å²) in [6, 6.07) is 3.27. The highest BCUT2D eigenvalue weighted by Gasteiger charge is 2.02. The van der Waals surface area contributed by atoms with Crippen molar-refractivity contribution in [1.82, 2.24) is 0 Å². The van der Waals surface area contributed by atoms with Gasteiger partial charge in [-0.1, -0.05) is 35.0 Å². The van der Waals surface area contributed by atoms with E-state index in [1.165, 1.54) is 0 Å². The Morgan fingerprint density at radius 2 is 2.08 bits per heavy atom.